The molecule has 2 rings (SSSR count). The monoisotopic (exact) mass is 174 g/mol. The second-order valence-electron chi connectivity index (χ2n) is 2.84. The fraction of sp³-hybridized carbons (Fsp3) is 0.100. The summed E-state index contributed by atoms with van der Waals surface area (Å²) in [6.45, 7) is 0.715. The molecule has 3 nitrogen and oxygen atoms in total. The SMILES string of the molecule is [O]C(=O)C1=CC=CN2CC=CC=C12. The predicted molar refractivity (Wildman–Crippen MR) is 46.8 cm³/mol. The Morgan fingerprint density at radius 3 is 2.92 bits per heavy atom. The first-order chi connectivity index (χ1) is 6.29. The lowest BCUT2D eigenvalue weighted by Crippen LogP contribution is -2.24. The van der Waals surface area contributed by atoms with Crippen LogP contribution in [-0.2, 0) is 9.90 Å². The van der Waals surface area contributed by atoms with Gasteiger partial charge in [0.25, 0.3) is 0 Å². The highest BCUT2D eigenvalue weighted by Crippen LogP contribution is 2.22. The largest absolute Gasteiger partial charge is 0.388 e. The molecule has 0 aromatic rings. The molecule has 3 heteroatoms. The van der Waals surface area contributed by atoms with E-state index in [-0.39, 0.29) is 5.57 Å². The average molecular weight is 174 g/mol. The third kappa shape index (κ3) is 1.28. The fourth-order valence-electron chi connectivity index (χ4n) is 1.41. The Morgan fingerprint density at radius 1 is 1.31 bits per heavy atom. The molecule has 0 atom stereocenters. The van der Waals surface area contributed by atoms with Crippen LogP contribution in [0.25, 0.3) is 0 Å². The molecule has 0 saturated carbocycles. The molecular weight excluding hydrogens is 166 g/mol. The smallest absolute Gasteiger partial charge is 0.343 e. The zero-order valence-corrected chi connectivity index (χ0v) is 6.93. The van der Waals surface area contributed by atoms with Crippen LogP contribution in [0.3, 0.4) is 0 Å². The van der Waals surface area contributed by atoms with Crippen molar-refractivity contribution in [2.75, 3.05) is 6.54 Å². The Bertz CT molecular complexity index is 361. The van der Waals surface area contributed by atoms with E-state index in [4.69, 9.17) is 0 Å². The zero-order chi connectivity index (χ0) is 9.26. The van der Waals surface area contributed by atoms with Crippen LogP contribution in [0.2, 0.25) is 0 Å². The van der Waals surface area contributed by atoms with Crippen molar-refractivity contribution in [3.8, 4) is 0 Å². The summed E-state index contributed by atoms with van der Waals surface area (Å²) in [6, 6.07) is 0. The number of hydrogen-bond acceptors (Lipinski definition) is 2. The van der Waals surface area contributed by atoms with E-state index in [0.29, 0.717) is 12.2 Å². The van der Waals surface area contributed by atoms with Gasteiger partial charge in [-0.25, -0.2) is 9.90 Å². The molecule has 0 N–H and O–H groups in total. The van der Waals surface area contributed by atoms with Crippen LogP contribution in [0.15, 0.2) is 47.9 Å². The number of nitrogens with zero attached hydrogens (tertiary/aromatic N) is 1. The maximum absolute atomic E-state index is 10.7. The molecule has 0 fully saturated rings. The summed E-state index contributed by atoms with van der Waals surface area (Å²) < 4.78 is 0. The topological polar surface area (TPSA) is 40.2 Å². The van der Waals surface area contributed by atoms with Gasteiger partial charge in [0.2, 0.25) is 0 Å². The number of hydrogen-bond donors (Lipinski definition) is 0. The highest BCUT2D eigenvalue weighted by atomic mass is 16.4. The normalized spacial score (nSPS) is 19.2. The van der Waals surface area contributed by atoms with Crippen molar-refractivity contribution in [2.45, 2.75) is 0 Å². The standard InChI is InChI=1S/C10H8NO2/c12-10(13)8-4-3-7-11-6-2-1-5-9(8)11/h1-5,7H,6H2. The van der Waals surface area contributed by atoms with Gasteiger partial charge in [-0.15, -0.1) is 0 Å². The van der Waals surface area contributed by atoms with E-state index in [1.54, 1.807) is 18.2 Å². The van der Waals surface area contributed by atoms with Crippen LogP contribution >= 0.6 is 0 Å². The van der Waals surface area contributed by atoms with Crippen molar-refractivity contribution >= 4 is 5.97 Å². The van der Waals surface area contributed by atoms with Crippen LogP contribution in [0, 0.1) is 0 Å². The molecule has 2 aliphatic rings. The molecule has 2 aliphatic heterocycles. The Labute approximate surface area is 76.0 Å². The van der Waals surface area contributed by atoms with Crippen molar-refractivity contribution < 1.29 is 9.90 Å². The summed E-state index contributed by atoms with van der Waals surface area (Å²) >= 11 is 0. The highest BCUT2D eigenvalue weighted by Gasteiger charge is 2.21. The number of allylic oxidation sites excluding steroid dienone is 4. The van der Waals surface area contributed by atoms with Gasteiger partial charge >= 0.3 is 5.97 Å². The molecular formula is C10H8NO2. The Balaban J connectivity index is 2.42. The van der Waals surface area contributed by atoms with Gasteiger partial charge in [-0.1, -0.05) is 12.2 Å². The first-order valence-electron chi connectivity index (χ1n) is 4.03. The van der Waals surface area contributed by atoms with Gasteiger partial charge in [-0.3, -0.25) is 0 Å². The molecule has 0 aromatic heterocycles. The lowest BCUT2D eigenvalue weighted by Gasteiger charge is -2.26. The maximum Gasteiger partial charge on any atom is 0.388 e. The van der Waals surface area contributed by atoms with Crippen molar-refractivity contribution in [1.82, 2.24) is 4.90 Å². The van der Waals surface area contributed by atoms with Crippen LogP contribution < -0.4 is 0 Å². The number of carbonyl (C=O) groups is 1. The maximum atomic E-state index is 10.7. The minimum absolute atomic E-state index is 0.242. The van der Waals surface area contributed by atoms with E-state index in [0.717, 1.165) is 0 Å². The molecule has 0 aliphatic carbocycles. The fourth-order valence-corrected chi connectivity index (χ4v) is 1.41. The number of fused-ring (bicyclic) bond motifs is 1. The highest BCUT2D eigenvalue weighted by molar-refractivity contribution is 5.92. The first-order valence-corrected chi connectivity index (χ1v) is 4.03. The molecule has 0 saturated heterocycles. The predicted octanol–water partition coefficient (Wildman–Crippen LogP) is 1.15. The van der Waals surface area contributed by atoms with Gasteiger partial charge in [0, 0.05) is 12.7 Å². The second-order valence-corrected chi connectivity index (χ2v) is 2.84. The third-order valence-corrected chi connectivity index (χ3v) is 2.03. The van der Waals surface area contributed by atoms with Crippen LogP contribution in [0.5, 0.6) is 0 Å². The molecule has 0 bridgehead atoms. The van der Waals surface area contributed by atoms with E-state index in [1.807, 2.05) is 23.3 Å². The molecule has 0 aromatic carbocycles. The molecule has 0 spiro atoms. The van der Waals surface area contributed by atoms with Crippen molar-refractivity contribution in [1.29, 1.82) is 0 Å². The van der Waals surface area contributed by atoms with E-state index < -0.39 is 5.97 Å². The average Bonchev–Trinajstić information content (AvgIpc) is 2.17. The van der Waals surface area contributed by atoms with Gasteiger partial charge in [0.1, 0.15) is 0 Å². The van der Waals surface area contributed by atoms with E-state index in [1.165, 1.54) is 0 Å². The quantitative estimate of drug-likeness (QED) is 0.598. The van der Waals surface area contributed by atoms with E-state index >= 15 is 0 Å². The summed E-state index contributed by atoms with van der Waals surface area (Å²) in [6.07, 6.45) is 10.7. The summed E-state index contributed by atoms with van der Waals surface area (Å²) in [5.41, 5.74) is 0.942. The van der Waals surface area contributed by atoms with Gasteiger partial charge < -0.3 is 4.90 Å². The van der Waals surface area contributed by atoms with Gasteiger partial charge in [0.15, 0.2) is 0 Å². The molecule has 13 heavy (non-hydrogen) atoms. The Hall–Kier alpha value is -1.77. The minimum atomic E-state index is -1.13. The van der Waals surface area contributed by atoms with E-state index in [2.05, 4.69) is 0 Å². The Morgan fingerprint density at radius 2 is 2.15 bits per heavy atom. The minimum Gasteiger partial charge on any atom is -0.343 e. The molecule has 0 unspecified atom stereocenters. The Kier molecular flexibility index (Phi) is 1.77. The van der Waals surface area contributed by atoms with Crippen LogP contribution in [0.1, 0.15) is 0 Å². The van der Waals surface area contributed by atoms with Crippen LogP contribution in [-0.4, -0.2) is 17.4 Å². The van der Waals surface area contributed by atoms with Crippen molar-refractivity contribution in [2.24, 2.45) is 0 Å². The molecule has 1 radical (unpaired) electrons. The van der Waals surface area contributed by atoms with Crippen LogP contribution in [0.4, 0.5) is 0 Å². The first kappa shape index (κ1) is 7.86. The number of carbonyl (C=O) groups excluding carboxylic acids is 1. The van der Waals surface area contributed by atoms with Gasteiger partial charge in [0.05, 0.1) is 11.3 Å². The van der Waals surface area contributed by atoms with Gasteiger partial charge in [-0.2, -0.15) is 0 Å². The summed E-state index contributed by atoms with van der Waals surface area (Å²) in [7, 11) is 0. The lowest BCUT2D eigenvalue weighted by atomic mass is 10.1. The van der Waals surface area contributed by atoms with Crippen molar-refractivity contribution in [3.05, 3.63) is 47.9 Å². The molecule has 0 amide bonds. The van der Waals surface area contributed by atoms with E-state index in [9.17, 15) is 9.90 Å². The van der Waals surface area contributed by atoms with Gasteiger partial charge in [-0.05, 0) is 18.2 Å². The molecule has 65 valence electrons. The second kappa shape index (κ2) is 2.94. The summed E-state index contributed by atoms with van der Waals surface area (Å²) in [5, 5.41) is 10.7. The third-order valence-electron chi connectivity index (χ3n) is 2.03. The molecule has 2 heterocycles. The summed E-state index contributed by atoms with van der Waals surface area (Å²) in [4.78, 5) is 12.6. The summed E-state index contributed by atoms with van der Waals surface area (Å²) in [5.74, 6) is -1.13. The lowest BCUT2D eigenvalue weighted by molar-refractivity contribution is -0.138. The zero-order valence-electron chi connectivity index (χ0n) is 6.93. The van der Waals surface area contributed by atoms with Crippen molar-refractivity contribution in [3.63, 3.8) is 0 Å². The number of rotatable bonds is 1.